The lowest BCUT2D eigenvalue weighted by Crippen LogP contribution is -2.40. The predicted octanol–water partition coefficient (Wildman–Crippen LogP) is 5.12. The number of hydrogen-bond donors (Lipinski definition) is 0. The van der Waals surface area contributed by atoms with E-state index in [1.54, 1.807) is 0 Å². The number of para-hydroxylation sites is 1. The van der Waals surface area contributed by atoms with Gasteiger partial charge < -0.3 is 4.90 Å². The lowest BCUT2D eigenvalue weighted by atomic mass is 9.87. The van der Waals surface area contributed by atoms with Crippen molar-refractivity contribution < 1.29 is 4.79 Å². The van der Waals surface area contributed by atoms with Crippen molar-refractivity contribution in [2.45, 2.75) is 24.8 Å². The molecule has 3 atom stereocenters. The van der Waals surface area contributed by atoms with E-state index in [0.717, 1.165) is 27.5 Å². The summed E-state index contributed by atoms with van der Waals surface area (Å²) in [5.41, 5.74) is 2.28. The van der Waals surface area contributed by atoms with Gasteiger partial charge in [0, 0.05) is 20.9 Å². The van der Waals surface area contributed by atoms with Crippen molar-refractivity contribution in [1.82, 2.24) is 0 Å². The molecule has 0 N–H and O–H groups in total. The van der Waals surface area contributed by atoms with E-state index in [4.69, 9.17) is 0 Å². The summed E-state index contributed by atoms with van der Waals surface area (Å²) in [4.78, 5) is 14.9. The Balaban J connectivity index is 1.67. The molecule has 1 saturated carbocycles. The van der Waals surface area contributed by atoms with E-state index in [2.05, 4.69) is 50.1 Å². The number of carbonyl (C=O) groups excluding carboxylic acids is 1. The third-order valence-electron chi connectivity index (χ3n) is 4.87. The van der Waals surface area contributed by atoms with Gasteiger partial charge in [0.1, 0.15) is 0 Å². The lowest BCUT2D eigenvalue weighted by molar-refractivity contribution is -0.121. The van der Waals surface area contributed by atoms with Crippen LogP contribution in [-0.4, -0.2) is 11.9 Å². The molecule has 4 rings (SSSR count). The Morgan fingerprint density at radius 2 is 1.50 bits per heavy atom. The fraction of sp³-hybridized carbons (Fsp3) is 0.278. The molecule has 0 radical (unpaired) electrons. The van der Waals surface area contributed by atoms with Crippen LogP contribution < -0.4 is 4.90 Å². The van der Waals surface area contributed by atoms with Gasteiger partial charge in [0.05, 0.1) is 5.69 Å². The van der Waals surface area contributed by atoms with Gasteiger partial charge in [0.2, 0.25) is 5.91 Å². The zero-order valence-electron chi connectivity index (χ0n) is 11.9. The second kappa shape index (κ2) is 5.50. The van der Waals surface area contributed by atoms with Crippen molar-refractivity contribution in [3.8, 4) is 0 Å². The van der Waals surface area contributed by atoms with Crippen LogP contribution in [0.15, 0.2) is 57.5 Å². The van der Waals surface area contributed by atoms with E-state index < -0.39 is 0 Å². The van der Waals surface area contributed by atoms with Crippen LogP contribution in [0.3, 0.4) is 0 Å². The van der Waals surface area contributed by atoms with Crippen molar-refractivity contribution in [3.63, 3.8) is 0 Å². The fourth-order valence-electron chi connectivity index (χ4n) is 3.94. The number of amides is 1. The van der Waals surface area contributed by atoms with Crippen LogP contribution in [0.1, 0.15) is 24.3 Å². The molecule has 0 aromatic heterocycles. The molecule has 22 heavy (non-hydrogen) atoms. The van der Waals surface area contributed by atoms with Crippen LogP contribution in [0.2, 0.25) is 0 Å². The van der Waals surface area contributed by atoms with E-state index in [-0.39, 0.29) is 11.8 Å². The summed E-state index contributed by atoms with van der Waals surface area (Å²) in [6, 6.07) is 16.6. The third-order valence-corrected chi connectivity index (χ3v) is 6.27. The minimum absolute atomic E-state index is 0.107. The standard InChI is InChI=1S/C18H15Br2NO/c19-15-6-2-1-5-12(15)13-9-11-10-14(13)18(22)21(11)17-8-4-3-7-16(17)20/h1-8,11,13-14H,9-10H2/t11-,13+,14-/m1/s1. The fourth-order valence-corrected chi connectivity index (χ4v) is 4.99. The Kier molecular flexibility index (Phi) is 3.61. The summed E-state index contributed by atoms with van der Waals surface area (Å²) in [6.45, 7) is 0. The Labute approximate surface area is 146 Å². The molecule has 2 fully saturated rings. The maximum absolute atomic E-state index is 12.9. The van der Waals surface area contributed by atoms with Crippen LogP contribution in [0.4, 0.5) is 5.69 Å². The van der Waals surface area contributed by atoms with Crippen molar-refractivity contribution >= 4 is 43.5 Å². The zero-order valence-corrected chi connectivity index (χ0v) is 15.0. The Morgan fingerprint density at radius 1 is 0.864 bits per heavy atom. The first-order chi connectivity index (χ1) is 10.7. The molecule has 112 valence electrons. The number of piperidine rings is 1. The molecule has 2 aromatic rings. The molecular weight excluding hydrogens is 406 g/mol. The molecule has 0 spiro atoms. The van der Waals surface area contributed by atoms with E-state index in [0.29, 0.717) is 12.0 Å². The number of carbonyl (C=O) groups is 1. The predicted molar refractivity (Wildman–Crippen MR) is 95.0 cm³/mol. The average Bonchev–Trinajstić information content (AvgIpc) is 3.07. The highest BCUT2D eigenvalue weighted by Gasteiger charge is 2.52. The highest BCUT2D eigenvalue weighted by Crippen LogP contribution is 2.51. The summed E-state index contributed by atoms with van der Waals surface area (Å²) in [6.07, 6.45) is 2.01. The maximum atomic E-state index is 12.9. The van der Waals surface area contributed by atoms with Crippen molar-refractivity contribution in [3.05, 3.63) is 63.0 Å². The van der Waals surface area contributed by atoms with Gasteiger partial charge in [-0.25, -0.2) is 0 Å². The number of halogens is 2. The first-order valence-electron chi connectivity index (χ1n) is 7.49. The summed E-state index contributed by atoms with van der Waals surface area (Å²) in [5, 5.41) is 0. The molecule has 1 aliphatic carbocycles. The Bertz CT molecular complexity index is 745. The zero-order chi connectivity index (χ0) is 15.3. The highest BCUT2D eigenvalue weighted by molar-refractivity contribution is 9.10. The molecule has 2 bridgehead atoms. The summed E-state index contributed by atoms with van der Waals surface area (Å²) >= 11 is 7.21. The van der Waals surface area contributed by atoms with Crippen molar-refractivity contribution in [2.75, 3.05) is 4.90 Å². The molecule has 1 aliphatic heterocycles. The Morgan fingerprint density at radius 3 is 2.18 bits per heavy atom. The smallest absolute Gasteiger partial charge is 0.231 e. The monoisotopic (exact) mass is 419 g/mol. The van der Waals surface area contributed by atoms with E-state index in [9.17, 15) is 4.79 Å². The van der Waals surface area contributed by atoms with Gasteiger partial charge >= 0.3 is 0 Å². The number of hydrogen-bond acceptors (Lipinski definition) is 1. The molecule has 2 nitrogen and oxygen atoms in total. The quantitative estimate of drug-likeness (QED) is 0.660. The number of nitrogens with zero attached hydrogens (tertiary/aromatic N) is 1. The van der Waals surface area contributed by atoms with Gasteiger partial charge in [0.15, 0.2) is 0 Å². The van der Waals surface area contributed by atoms with Crippen LogP contribution >= 0.6 is 31.9 Å². The van der Waals surface area contributed by atoms with Crippen LogP contribution in [0.25, 0.3) is 0 Å². The first kappa shape index (κ1) is 14.5. The largest absolute Gasteiger partial charge is 0.308 e. The normalized spacial score (nSPS) is 26.7. The molecular formula is C18H15Br2NO. The minimum atomic E-state index is 0.107. The van der Waals surface area contributed by atoms with Crippen molar-refractivity contribution in [2.24, 2.45) is 5.92 Å². The molecule has 2 aliphatic rings. The van der Waals surface area contributed by atoms with Crippen LogP contribution in [0.5, 0.6) is 0 Å². The molecule has 1 saturated heterocycles. The number of benzene rings is 2. The van der Waals surface area contributed by atoms with E-state index >= 15 is 0 Å². The number of fused-ring (bicyclic) bond motifs is 2. The van der Waals surface area contributed by atoms with Gasteiger partial charge in [-0.1, -0.05) is 46.3 Å². The summed E-state index contributed by atoms with van der Waals surface area (Å²) in [7, 11) is 0. The van der Waals surface area contributed by atoms with Gasteiger partial charge in [0.25, 0.3) is 0 Å². The number of rotatable bonds is 2. The molecule has 2 aromatic carbocycles. The van der Waals surface area contributed by atoms with Gasteiger partial charge in [-0.3, -0.25) is 4.79 Å². The molecule has 0 unspecified atom stereocenters. The SMILES string of the molecule is O=C1[C@@H]2C[C@@H](C[C@H]2c2ccccc2Br)N1c1ccccc1Br. The third kappa shape index (κ3) is 2.16. The van der Waals surface area contributed by atoms with Gasteiger partial charge in [-0.2, -0.15) is 0 Å². The highest BCUT2D eigenvalue weighted by atomic mass is 79.9. The number of anilines is 1. The average molecular weight is 421 g/mol. The summed E-state index contributed by atoms with van der Waals surface area (Å²) < 4.78 is 2.11. The lowest BCUT2D eigenvalue weighted by Gasteiger charge is -2.32. The second-order valence-electron chi connectivity index (χ2n) is 6.02. The van der Waals surface area contributed by atoms with E-state index in [1.165, 1.54) is 5.56 Å². The second-order valence-corrected chi connectivity index (χ2v) is 7.73. The van der Waals surface area contributed by atoms with E-state index in [1.807, 2.05) is 35.2 Å². The summed E-state index contributed by atoms with van der Waals surface area (Å²) in [5.74, 6) is 0.714. The molecule has 1 amide bonds. The van der Waals surface area contributed by atoms with Crippen LogP contribution in [0, 0.1) is 5.92 Å². The molecule has 4 heteroatoms. The van der Waals surface area contributed by atoms with Gasteiger partial charge in [-0.15, -0.1) is 0 Å². The van der Waals surface area contributed by atoms with Crippen molar-refractivity contribution in [1.29, 1.82) is 0 Å². The Hall–Kier alpha value is -1.13. The molecule has 1 heterocycles. The van der Waals surface area contributed by atoms with Crippen LogP contribution in [-0.2, 0) is 4.79 Å². The topological polar surface area (TPSA) is 20.3 Å². The van der Waals surface area contributed by atoms with Gasteiger partial charge in [-0.05, 0) is 58.5 Å². The first-order valence-corrected chi connectivity index (χ1v) is 9.07. The minimum Gasteiger partial charge on any atom is -0.308 e. The maximum Gasteiger partial charge on any atom is 0.231 e.